The zero-order chi connectivity index (χ0) is 21.7. The number of unbranched alkanes of at least 4 members (excludes halogenated alkanes) is 9. The molecule has 0 radical (unpaired) electrons. The van der Waals surface area contributed by atoms with Crippen LogP contribution in [0.3, 0.4) is 0 Å². The fourth-order valence-corrected chi connectivity index (χ4v) is 2.47. The molecular weight excluding hydrogens is 431 g/mol. The quantitative estimate of drug-likeness (QED) is 0.241. The molecule has 0 atom stereocenters. The molecule has 0 bridgehead atoms. The van der Waals surface area contributed by atoms with E-state index in [2.05, 4.69) is 11.1 Å². The Kier molecular flexibility index (Phi) is 26.2. The third kappa shape index (κ3) is 47.3. The zero-order valence-electron chi connectivity index (χ0n) is 18.4. The minimum absolute atomic E-state index is 0. The van der Waals surface area contributed by atoms with Crippen molar-refractivity contribution in [3.63, 3.8) is 0 Å². The van der Waals surface area contributed by atoms with Crippen LogP contribution < -0.4 is 29.6 Å². The number of hydrogen-bond acceptors (Lipinski definition) is 5. The van der Waals surface area contributed by atoms with Gasteiger partial charge in [-0.25, -0.2) is 4.18 Å². The van der Waals surface area contributed by atoms with E-state index in [0.717, 1.165) is 12.8 Å². The van der Waals surface area contributed by atoms with Crippen LogP contribution in [-0.2, 0) is 25.0 Å². The predicted octanol–water partition coefficient (Wildman–Crippen LogP) is 1.88. The Morgan fingerprint density at radius 1 is 0.655 bits per heavy atom. The summed E-state index contributed by atoms with van der Waals surface area (Å²) in [6.07, 6.45) is 11.9. The molecule has 11 heteroatoms. The molecular formula is C18H35NaO8S2. The predicted molar refractivity (Wildman–Crippen MR) is 111 cm³/mol. The molecule has 1 rings (SSSR count). The average Bonchev–Trinajstić information content (AvgIpc) is 2.59. The van der Waals surface area contributed by atoms with E-state index in [0.29, 0.717) is 6.42 Å². The van der Waals surface area contributed by atoms with Gasteiger partial charge in [-0.1, -0.05) is 101 Å². The molecule has 0 spiro atoms. The normalized spacial score (nSPS) is 10.6. The van der Waals surface area contributed by atoms with Crippen molar-refractivity contribution >= 4 is 20.8 Å². The van der Waals surface area contributed by atoms with E-state index in [9.17, 15) is 8.42 Å². The molecule has 0 amide bonds. The molecule has 0 heterocycles. The summed E-state index contributed by atoms with van der Waals surface area (Å²) in [4.78, 5) is 0. The molecule has 1 aromatic carbocycles. The van der Waals surface area contributed by atoms with Crippen LogP contribution in [0, 0.1) is 0 Å². The molecule has 0 aliphatic heterocycles. The maximum absolute atomic E-state index is 10.2. The van der Waals surface area contributed by atoms with E-state index in [1.807, 2.05) is 36.4 Å². The smallest absolute Gasteiger partial charge is 1.00 e. The van der Waals surface area contributed by atoms with Gasteiger partial charge in [0.15, 0.2) is 0 Å². The summed E-state index contributed by atoms with van der Waals surface area (Å²) in [7, 11) is -8.90. The monoisotopic (exact) mass is 466 g/mol. The van der Waals surface area contributed by atoms with Gasteiger partial charge in [-0.2, -0.15) is 16.8 Å². The second-order valence-corrected chi connectivity index (χ2v) is 8.02. The Morgan fingerprint density at radius 2 is 0.931 bits per heavy atom. The summed E-state index contributed by atoms with van der Waals surface area (Å²) < 4.78 is 64.6. The van der Waals surface area contributed by atoms with Gasteiger partial charge in [0.05, 0.1) is 6.61 Å². The zero-order valence-corrected chi connectivity index (χ0v) is 21.1. The maximum Gasteiger partial charge on any atom is 1.00 e. The van der Waals surface area contributed by atoms with Crippen LogP contribution in [0.4, 0.5) is 0 Å². The largest absolute Gasteiger partial charge is 1.00 e. The Morgan fingerprint density at radius 3 is 1.21 bits per heavy atom. The Bertz CT molecular complexity index is 609. The molecule has 168 valence electrons. The number of benzene rings is 1. The van der Waals surface area contributed by atoms with Crippen molar-refractivity contribution in [1.82, 2.24) is 0 Å². The Hall–Kier alpha value is -0.0400. The first-order valence-corrected chi connectivity index (χ1v) is 12.1. The van der Waals surface area contributed by atoms with Crippen LogP contribution in [0.2, 0.25) is 0 Å². The maximum atomic E-state index is 10.2. The Balaban J connectivity index is -0.000000213. The Labute approximate surface area is 199 Å². The van der Waals surface area contributed by atoms with Gasteiger partial charge in [0.2, 0.25) is 0 Å². The third-order valence-electron chi connectivity index (χ3n) is 3.40. The van der Waals surface area contributed by atoms with Gasteiger partial charge < -0.3 is 1.43 Å². The summed E-state index contributed by atoms with van der Waals surface area (Å²) >= 11 is 0. The standard InChI is InChI=1S/C12H26O4S.C6H6.Na.H2O4S.H/c1-2-3-4-5-6-7-8-9-10-11-12-16-17(13,14)15;1-2-4-6-5-3-1;;1-5(2,3)4;/h2-12H2,1H3,(H,13,14,15);1-6H;;(H2,1,2,3,4);/q;;+1;;-1. The first kappa shape index (κ1) is 33.6. The van der Waals surface area contributed by atoms with Gasteiger partial charge >= 0.3 is 50.4 Å². The van der Waals surface area contributed by atoms with Crippen LogP contribution >= 0.6 is 0 Å². The summed E-state index contributed by atoms with van der Waals surface area (Å²) in [6.45, 7) is 2.31. The fourth-order valence-electron chi connectivity index (χ4n) is 2.14. The van der Waals surface area contributed by atoms with Crippen LogP contribution in [-0.4, -0.2) is 37.1 Å². The molecule has 8 nitrogen and oxygen atoms in total. The molecule has 0 aromatic heterocycles. The number of rotatable bonds is 12. The summed E-state index contributed by atoms with van der Waals surface area (Å²) in [5, 5.41) is 0. The first-order valence-electron chi connectivity index (χ1n) is 9.38. The molecule has 0 aliphatic carbocycles. The molecule has 0 aliphatic rings. The summed E-state index contributed by atoms with van der Waals surface area (Å²) in [5.74, 6) is 0. The topological polar surface area (TPSA) is 138 Å². The third-order valence-corrected chi connectivity index (χ3v) is 3.86. The van der Waals surface area contributed by atoms with E-state index in [1.54, 1.807) is 0 Å². The fraction of sp³-hybridized carbons (Fsp3) is 0.667. The molecule has 0 fully saturated rings. The van der Waals surface area contributed by atoms with Crippen molar-refractivity contribution in [2.24, 2.45) is 0 Å². The van der Waals surface area contributed by atoms with Crippen molar-refractivity contribution in [2.75, 3.05) is 6.61 Å². The van der Waals surface area contributed by atoms with E-state index in [-0.39, 0.29) is 37.6 Å². The van der Waals surface area contributed by atoms with Gasteiger partial charge in [0, 0.05) is 0 Å². The van der Waals surface area contributed by atoms with E-state index in [1.165, 1.54) is 44.9 Å². The van der Waals surface area contributed by atoms with E-state index in [4.69, 9.17) is 22.1 Å². The molecule has 29 heavy (non-hydrogen) atoms. The summed E-state index contributed by atoms with van der Waals surface area (Å²) in [5.41, 5.74) is 0. The first-order chi connectivity index (χ1) is 13.1. The van der Waals surface area contributed by atoms with Crippen LogP contribution in [0.1, 0.15) is 72.6 Å². The molecule has 0 saturated heterocycles. The van der Waals surface area contributed by atoms with Crippen molar-refractivity contribution < 1.29 is 65.7 Å². The van der Waals surface area contributed by atoms with Crippen LogP contribution in [0.15, 0.2) is 36.4 Å². The van der Waals surface area contributed by atoms with E-state index >= 15 is 0 Å². The van der Waals surface area contributed by atoms with Gasteiger partial charge in [-0.05, 0) is 6.42 Å². The van der Waals surface area contributed by atoms with Gasteiger partial charge in [0.1, 0.15) is 0 Å². The van der Waals surface area contributed by atoms with Crippen molar-refractivity contribution in [3.05, 3.63) is 36.4 Å². The van der Waals surface area contributed by atoms with Crippen LogP contribution in [0.5, 0.6) is 0 Å². The van der Waals surface area contributed by atoms with Crippen molar-refractivity contribution in [2.45, 2.75) is 71.1 Å². The van der Waals surface area contributed by atoms with Crippen molar-refractivity contribution in [1.29, 1.82) is 0 Å². The molecule has 0 saturated carbocycles. The van der Waals surface area contributed by atoms with Crippen molar-refractivity contribution in [3.8, 4) is 0 Å². The minimum Gasteiger partial charge on any atom is -1.00 e. The van der Waals surface area contributed by atoms with Gasteiger partial charge in [-0.3, -0.25) is 13.7 Å². The van der Waals surface area contributed by atoms with Gasteiger partial charge in [0.25, 0.3) is 0 Å². The van der Waals surface area contributed by atoms with Crippen LogP contribution in [0.25, 0.3) is 0 Å². The van der Waals surface area contributed by atoms with E-state index < -0.39 is 20.8 Å². The second-order valence-electron chi connectivity index (χ2n) is 6.03. The minimum atomic E-state index is -4.67. The average molecular weight is 467 g/mol. The van der Waals surface area contributed by atoms with Gasteiger partial charge in [-0.15, -0.1) is 0 Å². The number of hydrogen-bond donors (Lipinski definition) is 3. The summed E-state index contributed by atoms with van der Waals surface area (Å²) in [6, 6.07) is 12.0. The second kappa shape index (κ2) is 22.6. The SMILES string of the molecule is CCCCCCCCCCCCOS(=O)(=O)O.O=S(=O)(O)O.[H-].[Na+].c1ccccc1. The molecule has 0 unspecified atom stereocenters. The molecule has 3 N–H and O–H groups in total. The molecule has 1 aromatic rings.